The van der Waals surface area contributed by atoms with Gasteiger partial charge < -0.3 is 9.32 Å². The van der Waals surface area contributed by atoms with Crippen LogP contribution in [0.1, 0.15) is 35.4 Å². The van der Waals surface area contributed by atoms with E-state index in [1.165, 1.54) is 60.8 Å². The Kier molecular flexibility index (Phi) is 9.95. The highest BCUT2D eigenvalue weighted by Gasteiger charge is 2.24. The van der Waals surface area contributed by atoms with Gasteiger partial charge in [0.15, 0.2) is 0 Å². The molecule has 1 aromatic heterocycles. The molecule has 0 aliphatic heterocycles. The van der Waals surface area contributed by atoms with E-state index in [0.29, 0.717) is 0 Å². The molecule has 2 heteroatoms. The third-order valence-corrected chi connectivity index (χ3v) is 12.8. The predicted molar refractivity (Wildman–Crippen MR) is 265 cm³/mol. The summed E-state index contributed by atoms with van der Waals surface area (Å²) in [6.07, 6.45) is 0. The number of anilines is 3. The number of hydrogen-bond acceptors (Lipinski definition) is 2. The highest BCUT2D eigenvalue weighted by molar-refractivity contribution is 6.07. The summed E-state index contributed by atoms with van der Waals surface area (Å²) < 4.78 is 6.23. The smallest absolute Gasteiger partial charge is 0.135 e. The molecule has 2 nitrogen and oxygen atoms in total. The molecule has 0 fully saturated rings. The quantitative estimate of drug-likeness (QED) is 0.137. The van der Waals surface area contributed by atoms with Crippen LogP contribution in [0.4, 0.5) is 17.1 Å². The molecule has 63 heavy (non-hydrogen) atoms. The SMILES string of the molecule is CC(c1ccc(-c2ccc(N(c3ccc4oc5ccccc5c4c3)c3cccc4ccccc34)cc2)cc1)C(c1ccc(-c2ccccc2)cc1)c1ccc(-c2ccccc2)cc1. The van der Waals surface area contributed by atoms with Crippen LogP contribution in [0, 0.1) is 0 Å². The normalized spacial score (nSPS) is 12.0. The highest BCUT2D eigenvalue weighted by atomic mass is 16.3. The van der Waals surface area contributed by atoms with Crippen LogP contribution in [0.5, 0.6) is 0 Å². The standard InChI is InChI=1S/C61H45NO/c1-42(61(51-31-27-46(28-32-51)44-13-4-2-5-14-44)52-33-29-47(30-34-52)45-15-6-3-7-16-45)43-23-25-48(26-24-43)49-35-37-53(38-36-49)62(58-21-12-18-50-17-8-9-19-55(50)58)54-39-40-60-57(41-54)56-20-10-11-22-59(56)63-60/h2-42,61H,1H3. The van der Waals surface area contributed by atoms with E-state index in [1.807, 2.05) is 12.1 Å². The van der Waals surface area contributed by atoms with Gasteiger partial charge in [0.25, 0.3) is 0 Å². The highest BCUT2D eigenvalue weighted by Crippen LogP contribution is 2.43. The van der Waals surface area contributed by atoms with Crippen LogP contribution in [0.15, 0.2) is 247 Å². The fraction of sp³-hybridized carbons (Fsp3) is 0.0492. The maximum Gasteiger partial charge on any atom is 0.135 e. The molecular weight excluding hydrogens is 763 g/mol. The molecule has 0 saturated carbocycles. The molecule has 11 aromatic rings. The molecule has 0 aliphatic carbocycles. The minimum atomic E-state index is 0.170. The van der Waals surface area contributed by atoms with Gasteiger partial charge in [0.05, 0.1) is 5.69 Å². The van der Waals surface area contributed by atoms with Crippen molar-refractivity contribution in [2.75, 3.05) is 4.90 Å². The minimum Gasteiger partial charge on any atom is -0.456 e. The Balaban J connectivity index is 0.920. The summed E-state index contributed by atoms with van der Waals surface area (Å²) in [7, 11) is 0. The van der Waals surface area contributed by atoms with Gasteiger partial charge in [0, 0.05) is 33.5 Å². The van der Waals surface area contributed by atoms with Gasteiger partial charge in [-0.05, 0) is 104 Å². The van der Waals surface area contributed by atoms with E-state index >= 15 is 0 Å². The Morgan fingerprint density at radius 3 is 1.38 bits per heavy atom. The molecule has 10 aromatic carbocycles. The van der Waals surface area contributed by atoms with Gasteiger partial charge in [-0.3, -0.25) is 0 Å². The van der Waals surface area contributed by atoms with Gasteiger partial charge in [-0.1, -0.05) is 207 Å². The average Bonchev–Trinajstić information content (AvgIpc) is 3.74. The summed E-state index contributed by atoms with van der Waals surface area (Å²) in [6, 6.07) is 87.9. The number of para-hydroxylation sites is 1. The van der Waals surface area contributed by atoms with Crippen molar-refractivity contribution in [2.45, 2.75) is 18.8 Å². The van der Waals surface area contributed by atoms with Crippen LogP contribution in [-0.4, -0.2) is 0 Å². The van der Waals surface area contributed by atoms with Crippen molar-refractivity contribution in [3.8, 4) is 33.4 Å². The molecule has 1 atom stereocenters. The second-order valence-corrected chi connectivity index (χ2v) is 16.5. The zero-order chi connectivity index (χ0) is 42.1. The van der Waals surface area contributed by atoms with E-state index in [1.54, 1.807) is 0 Å². The molecule has 0 amide bonds. The van der Waals surface area contributed by atoms with Crippen molar-refractivity contribution < 1.29 is 4.42 Å². The van der Waals surface area contributed by atoms with E-state index in [9.17, 15) is 0 Å². The fourth-order valence-electron chi connectivity index (χ4n) is 9.46. The lowest BCUT2D eigenvalue weighted by Crippen LogP contribution is -2.10. The van der Waals surface area contributed by atoms with Gasteiger partial charge in [0.2, 0.25) is 0 Å². The predicted octanol–water partition coefficient (Wildman–Crippen LogP) is 17.1. The van der Waals surface area contributed by atoms with Crippen LogP contribution in [-0.2, 0) is 0 Å². The molecule has 0 saturated heterocycles. The molecule has 0 N–H and O–H groups in total. The van der Waals surface area contributed by atoms with Crippen LogP contribution >= 0.6 is 0 Å². The summed E-state index contributed by atoms with van der Waals surface area (Å²) in [5.74, 6) is 0.398. The first-order valence-corrected chi connectivity index (χ1v) is 21.8. The molecule has 1 heterocycles. The topological polar surface area (TPSA) is 16.4 Å². The van der Waals surface area contributed by atoms with E-state index < -0.39 is 0 Å². The van der Waals surface area contributed by atoms with Crippen molar-refractivity contribution in [1.82, 2.24) is 0 Å². The summed E-state index contributed by atoms with van der Waals surface area (Å²) in [5.41, 5.74) is 16.3. The van der Waals surface area contributed by atoms with Crippen LogP contribution in [0.25, 0.3) is 66.1 Å². The maximum atomic E-state index is 6.23. The Bertz CT molecular complexity index is 3230. The number of furan rings is 1. The number of fused-ring (bicyclic) bond motifs is 4. The van der Waals surface area contributed by atoms with E-state index in [4.69, 9.17) is 4.42 Å². The van der Waals surface area contributed by atoms with Crippen molar-refractivity contribution in [3.05, 3.63) is 259 Å². The number of hydrogen-bond donors (Lipinski definition) is 0. The van der Waals surface area contributed by atoms with Gasteiger partial charge >= 0.3 is 0 Å². The molecule has 1 unspecified atom stereocenters. The summed E-state index contributed by atoms with van der Waals surface area (Å²) in [6.45, 7) is 2.37. The first-order chi connectivity index (χ1) is 31.1. The molecule has 300 valence electrons. The summed E-state index contributed by atoms with van der Waals surface area (Å²) in [5, 5.41) is 4.63. The summed E-state index contributed by atoms with van der Waals surface area (Å²) >= 11 is 0. The zero-order valence-electron chi connectivity index (χ0n) is 35.1. The van der Waals surface area contributed by atoms with Crippen molar-refractivity contribution >= 4 is 49.8 Å². The van der Waals surface area contributed by atoms with E-state index in [0.717, 1.165) is 39.0 Å². The van der Waals surface area contributed by atoms with Gasteiger partial charge in [-0.25, -0.2) is 0 Å². The zero-order valence-corrected chi connectivity index (χ0v) is 35.1. The first-order valence-electron chi connectivity index (χ1n) is 21.8. The Hall–Kier alpha value is -7.94. The maximum absolute atomic E-state index is 6.23. The van der Waals surface area contributed by atoms with Crippen LogP contribution < -0.4 is 4.90 Å². The van der Waals surface area contributed by atoms with Gasteiger partial charge in [-0.15, -0.1) is 0 Å². The van der Waals surface area contributed by atoms with Gasteiger partial charge in [-0.2, -0.15) is 0 Å². The van der Waals surface area contributed by atoms with E-state index in [-0.39, 0.29) is 11.8 Å². The van der Waals surface area contributed by atoms with Crippen LogP contribution in [0.2, 0.25) is 0 Å². The molecule has 11 rings (SSSR count). The first kappa shape index (κ1) is 38.0. The van der Waals surface area contributed by atoms with Crippen LogP contribution in [0.3, 0.4) is 0 Å². The van der Waals surface area contributed by atoms with Crippen molar-refractivity contribution in [1.29, 1.82) is 0 Å². The average molecular weight is 808 g/mol. The van der Waals surface area contributed by atoms with Crippen molar-refractivity contribution in [2.24, 2.45) is 0 Å². The minimum absolute atomic E-state index is 0.170. The van der Waals surface area contributed by atoms with Gasteiger partial charge in [0.1, 0.15) is 11.2 Å². The number of benzene rings is 10. The van der Waals surface area contributed by atoms with Crippen molar-refractivity contribution in [3.63, 3.8) is 0 Å². The second kappa shape index (κ2) is 16.5. The lowest BCUT2D eigenvalue weighted by molar-refractivity contribution is 0.658. The largest absolute Gasteiger partial charge is 0.456 e. The number of rotatable bonds is 10. The third-order valence-electron chi connectivity index (χ3n) is 12.8. The third kappa shape index (κ3) is 7.36. The Morgan fingerprint density at radius 2 is 0.778 bits per heavy atom. The number of nitrogens with zero attached hydrogens (tertiary/aromatic N) is 1. The molecule has 0 aliphatic rings. The monoisotopic (exact) mass is 807 g/mol. The Labute approximate surface area is 369 Å². The molecule has 0 spiro atoms. The lowest BCUT2D eigenvalue weighted by Gasteiger charge is -2.27. The molecule has 0 radical (unpaired) electrons. The second-order valence-electron chi connectivity index (χ2n) is 16.5. The van der Waals surface area contributed by atoms with E-state index in [2.05, 4.69) is 242 Å². The molecular formula is C61H45NO. The fourth-order valence-corrected chi connectivity index (χ4v) is 9.46. The lowest BCUT2D eigenvalue weighted by atomic mass is 9.77. The summed E-state index contributed by atoms with van der Waals surface area (Å²) in [4.78, 5) is 2.37. The Morgan fingerprint density at radius 1 is 0.333 bits per heavy atom. The molecule has 0 bridgehead atoms.